The fourth-order valence-corrected chi connectivity index (χ4v) is 3.06. The zero-order chi connectivity index (χ0) is 23.5. The second-order valence-corrected chi connectivity index (χ2v) is 7.33. The summed E-state index contributed by atoms with van der Waals surface area (Å²) in [6.07, 6.45) is 2.16. The highest BCUT2D eigenvalue weighted by atomic mass is 32.1. The van der Waals surface area contributed by atoms with Crippen molar-refractivity contribution < 1.29 is 29.1 Å². The number of anilines is 1. The van der Waals surface area contributed by atoms with Gasteiger partial charge in [-0.05, 0) is 19.4 Å². The maximum atomic E-state index is 11.1. The maximum Gasteiger partial charge on any atom is 0.394 e. The van der Waals surface area contributed by atoms with Gasteiger partial charge in [0.25, 0.3) is 0 Å². The highest BCUT2D eigenvalue weighted by Gasteiger charge is 2.16. The number of hydrogen-bond donors (Lipinski definition) is 5. The quantitative estimate of drug-likeness (QED) is 0.244. The summed E-state index contributed by atoms with van der Waals surface area (Å²) >= 11 is 1.10. The van der Waals surface area contributed by atoms with Gasteiger partial charge in [-0.3, -0.25) is 14.9 Å². The molecule has 0 fully saturated rings. The number of carboxylic acids is 2. The lowest BCUT2D eigenvalue weighted by Crippen LogP contribution is -2.29. The third-order valence-corrected chi connectivity index (χ3v) is 4.80. The van der Waals surface area contributed by atoms with Gasteiger partial charge in [0.15, 0.2) is 10.9 Å². The summed E-state index contributed by atoms with van der Waals surface area (Å²) in [6, 6.07) is 10.5. The van der Waals surface area contributed by atoms with Crippen molar-refractivity contribution in [3.63, 3.8) is 0 Å². The van der Waals surface area contributed by atoms with E-state index in [1.807, 2.05) is 30.3 Å². The van der Waals surface area contributed by atoms with Crippen molar-refractivity contribution in [2.24, 2.45) is 11.5 Å². The molecule has 0 spiro atoms. The fourth-order valence-electron chi connectivity index (χ4n) is 2.37. The molecule has 0 aliphatic heterocycles. The van der Waals surface area contributed by atoms with Crippen LogP contribution >= 0.6 is 11.3 Å². The molecule has 0 aliphatic carbocycles. The fraction of sp³-hybridized carbons (Fsp3) is 0.250. The lowest BCUT2D eigenvalue weighted by Gasteiger charge is -2.03. The van der Waals surface area contributed by atoms with Crippen molar-refractivity contribution >= 4 is 34.3 Å². The maximum absolute atomic E-state index is 11.1. The molecule has 11 nitrogen and oxygen atoms in total. The molecule has 12 heteroatoms. The molecule has 1 aromatic carbocycles. The number of carbonyl (C=O) groups excluding carboxylic acids is 1. The van der Waals surface area contributed by atoms with E-state index in [1.165, 1.54) is 0 Å². The van der Waals surface area contributed by atoms with Gasteiger partial charge < -0.3 is 26.2 Å². The van der Waals surface area contributed by atoms with E-state index >= 15 is 0 Å². The molecule has 0 saturated carbocycles. The summed E-state index contributed by atoms with van der Waals surface area (Å²) in [5.41, 5.74) is 12.5. The largest absolute Gasteiger partial charge is 0.480 e. The molecule has 0 bridgehead atoms. The van der Waals surface area contributed by atoms with Gasteiger partial charge in [0.2, 0.25) is 0 Å². The van der Waals surface area contributed by atoms with Gasteiger partial charge in [-0.1, -0.05) is 41.9 Å². The van der Waals surface area contributed by atoms with Crippen LogP contribution in [-0.4, -0.2) is 50.8 Å². The van der Waals surface area contributed by atoms with E-state index in [2.05, 4.69) is 15.5 Å². The normalized spacial score (nSPS) is 11.2. The summed E-state index contributed by atoms with van der Waals surface area (Å²) in [4.78, 5) is 35.8. The number of benzene rings is 1. The number of nitrogens with zero attached hydrogens (tertiary/aromatic N) is 2. The molecular weight excluding hydrogens is 438 g/mol. The molecular formula is C20H23N5O6S. The zero-order valence-corrected chi connectivity index (χ0v) is 17.7. The monoisotopic (exact) mass is 461 g/mol. The average Bonchev–Trinajstić information content (AvgIpc) is 3.44. The predicted molar refractivity (Wildman–Crippen MR) is 118 cm³/mol. The van der Waals surface area contributed by atoms with Crippen molar-refractivity contribution in [3.8, 4) is 22.7 Å². The number of aliphatic carboxylic acids is 2. The zero-order valence-electron chi connectivity index (χ0n) is 16.9. The van der Waals surface area contributed by atoms with E-state index in [4.69, 9.17) is 26.2 Å². The average molecular weight is 462 g/mol. The molecule has 2 heterocycles. The minimum absolute atomic E-state index is 0.181. The number of hydrogen-bond acceptors (Lipinski definition) is 9. The molecule has 3 aromatic rings. The van der Waals surface area contributed by atoms with Crippen LogP contribution in [0.15, 0.2) is 46.3 Å². The lowest BCUT2D eigenvalue weighted by atomic mass is 10.1. The topological polar surface area (TPSA) is 195 Å². The molecule has 170 valence electrons. The van der Waals surface area contributed by atoms with Crippen molar-refractivity contribution in [3.05, 3.63) is 41.8 Å². The highest BCUT2D eigenvalue weighted by Crippen LogP contribution is 2.28. The number of thiazole rings is 1. The summed E-state index contributed by atoms with van der Waals surface area (Å²) < 4.78 is 5.24. The van der Waals surface area contributed by atoms with Crippen LogP contribution in [0.4, 0.5) is 5.13 Å². The molecule has 0 unspecified atom stereocenters. The van der Waals surface area contributed by atoms with Gasteiger partial charge in [-0.2, -0.15) is 0 Å². The molecule has 2 aromatic heterocycles. The van der Waals surface area contributed by atoms with Crippen molar-refractivity contribution in [2.75, 3.05) is 11.9 Å². The smallest absolute Gasteiger partial charge is 0.394 e. The number of amides is 1. The van der Waals surface area contributed by atoms with Crippen LogP contribution in [0.25, 0.3) is 22.7 Å². The van der Waals surface area contributed by atoms with Crippen LogP contribution in [0.3, 0.4) is 0 Å². The van der Waals surface area contributed by atoms with Crippen molar-refractivity contribution in [1.29, 1.82) is 0 Å². The molecule has 1 atom stereocenters. The van der Waals surface area contributed by atoms with Gasteiger partial charge in [0.1, 0.15) is 17.4 Å². The number of nitrogens with two attached hydrogens (primary N) is 2. The molecule has 0 saturated heterocycles. The van der Waals surface area contributed by atoms with Gasteiger partial charge in [-0.15, -0.1) is 11.3 Å². The number of carbonyl (C=O) groups is 3. The lowest BCUT2D eigenvalue weighted by molar-refractivity contribution is -0.147. The first-order valence-corrected chi connectivity index (χ1v) is 10.4. The Bertz CT molecular complexity index is 1040. The summed E-state index contributed by atoms with van der Waals surface area (Å²) in [5.74, 6) is -3.20. The van der Waals surface area contributed by atoms with E-state index in [1.54, 1.807) is 11.4 Å². The molecule has 1 amide bonds. The molecule has 32 heavy (non-hydrogen) atoms. The summed E-state index contributed by atoms with van der Waals surface area (Å²) in [7, 11) is 0. The Labute approximate surface area is 187 Å². The van der Waals surface area contributed by atoms with Crippen LogP contribution in [0.5, 0.6) is 0 Å². The van der Waals surface area contributed by atoms with E-state index in [-0.39, 0.29) is 5.13 Å². The summed E-state index contributed by atoms with van der Waals surface area (Å²) in [5, 5.41) is 24.8. The second kappa shape index (κ2) is 12.3. The number of nitrogens with one attached hydrogen (secondary N) is 1. The summed E-state index contributed by atoms with van der Waals surface area (Å²) in [6.45, 7) is 0.604. The van der Waals surface area contributed by atoms with Crippen LogP contribution in [0, 0.1) is 0 Å². The van der Waals surface area contributed by atoms with Gasteiger partial charge in [-0.25, -0.2) is 9.78 Å². The van der Waals surface area contributed by atoms with Crippen LogP contribution in [0.2, 0.25) is 0 Å². The first-order valence-electron chi connectivity index (χ1n) is 9.52. The predicted octanol–water partition coefficient (Wildman–Crippen LogP) is 2.02. The standard InChI is InChI=1S/C14H9N3O4S.C6H14N2O2/c18-12(13(19)20)16-14-15-10(7-22-14)11-6-9(17-21-11)8-4-2-1-3-5-8;7-4-2-1-3-5(8)6(9)10/h1-7H,(H,19,20)(H,15,16,18);5H,1-4,7-8H2,(H,9,10)/t;5-/m.0/s1. The van der Waals surface area contributed by atoms with Crippen molar-refractivity contribution in [2.45, 2.75) is 25.3 Å². The van der Waals surface area contributed by atoms with E-state index < -0.39 is 23.9 Å². The SMILES string of the molecule is NCCCC[C@H](N)C(=O)O.O=C(O)C(=O)Nc1nc(-c2cc(-c3ccccc3)no2)cs1. The highest BCUT2D eigenvalue weighted by molar-refractivity contribution is 7.14. The molecule has 0 aliphatic rings. The second-order valence-electron chi connectivity index (χ2n) is 6.47. The minimum Gasteiger partial charge on any atom is -0.480 e. The van der Waals surface area contributed by atoms with E-state index in [0.717, 1.165) is 29.7 Å². The number of rotatable bonds is 8. The Morgan fingerprint density at radius 2 is 1.84 bits per heavy atom. The van der Waals surface area contributed by atoms with Gasteiger partial charge in [0, 0.05) is 17.0 Å². The molecule has 0 radical (unpaired) electrons. The Morgan fingerprint density at radius 3 is 2.47 bits per heavy atom. The first-order chi connectivity index (χ1) is 15.3. The van der Waals surface area contributed by atoms with Gasteiger partial charge >= 0.3 is 17.8 Å². The third-order valence-electron chi connectivity index (χ3n) is 4.04. The van der Waals surface area contributed by atoms with E-state index in [9.17, 15) is 14.4 Å². The number of carboxylic acid groups (broad SMARTS) is 2. The third kappa shape index (κ3) is 7.58. The van der Waals surface area contributed by atoms with Crippen LogP contribution in [0.1, 0.15) is 19.3 Å². The first kappa shape index (κ1) is 24.7. The Hall–Kier alpha value is -3.61. The molecule has 7 N–H and O–H groups in total. The number of aromatic nitrogens is 2. The van der Waals surface area contributed by atoms with E-state index in [0.29, 0.717) is 30.1 Å². The van der Waals surface area contributed by atoms with Crippen LogP contribution in [-0.2, 0) is 14.4 Å². The number of unbranched alkanes of at least 4 members (excludes halogenated alkanes) is 1. The van der Waals surface area contributed by atoms with Gasteiger partial charge in [0.05, 0.1) is 0 Å². The Balaban J connectivity index is 0.000000309. The minimum atomic E-state index is -1.57. The Kier molecular flexibility index (Phi) is 9.47. The molecule has 3 rings (SSSR count). The van der Waals surface area contributed by atoms with Crippen LogP contribution < -0.4 is 16.8 Å². The van der Waals surface area contributed by atoms with Crippen molar-refractivity contribution in [1.82, 2.24) is 10.1 Å². The Morgan fingerprint density at radius 1 is 1.12 bits per heavy atom.